The third-order valence-electron chi connectivity index (χ3n) is 2.73. The van der Waals surface area contributed by atoms with Gasteiger partial charge in [-0.25, -0.2) is 0 Å². The summed E-state index contributed by atoms with van der Waals surface area (Å²) in [6, 6.07) is 8.87. The van der Waals surface area contributed by atoms with Crippen molar-refractivity contribution in [1.82, 2.24) is 15.1 Å². The van der Waals surface area contributed by atoms with Gasteiger partial charge in [-0.1, -0.05) is 16.8 Å². The van der Waals surface area contributed by atoms with Crippen LogP contribution in [0.5, 0.6) is 5.75 Å². The van der Waals surface area contributed by atoms with Crippen LogP contribution in [0.3, 0.4) is 0 Å². The minimum Gasteiger partial charge on any atom is -0.507 e. The van der Waals surface area contributed by atoms with Crippen molar-refractivity contribution in [2.75, 3.05) is 0 Å². The van der Waals surface area contributed by atoms with Gasteiger partial charge in [0.2, 0.25) is 5.82 Å². The second kappa shape index (κ2) is 4.53. The molecule has 0 radical (unpaired) electrons. The van der Waals surface area contributed by atoms with Crippen LogP contribution in [0, 0.1) is 6.92 Å². The number of hydrogen-bond acceptors (Lipinski definition) is 5. The van der Waals surface area contributed by atoms with E-state index in [0.717, 1.165) is 11.1 Å². The van der Waals surface area contributed by atoms with Gasteiger partial charge in [-0.2, -0.15) is 4.98 Å². The maximum atomic E-state index is 9.83. The number of aryl methyl sites for hydroxylation is 1. The van der Waals surface area contributed by atoms with E-state index in [9.17, 15) is 5.11 Å². The maximum absolute atomic E-state index is 9.83. The summed E-state index contributed by atoms with van der Waals surface area (Å²) >= 11 is 0. The Kier molecular flexibility index (Phi) is 2.72. The number of phenols is 1. The lowest BCUT2D eigenvalue weighted by molar-refractivity contribution is 0.425. The summed E-state index contributed by atoms with van der Waals surface area (Å²) in [5.74, 6) is 0.857. The SMILES string of the molecule is Cc1ccc(O)c(-c2nc(-c3cccnc3)no2)c1. The molecule has 0 saturated carbocycles. The summed E-state index contributed by atoms with van der Waals surface area (Å²) in [5.41, 5.74) is 2.31. The fourth-order valence-corrected chi connectivity index (χ4v) is 1.77. The molecule has 0 fully saturated rings. The van der Waals surface area contributed by atoms with Gasteiger partial charge in [-0.05, 0) is 31.2 Å². The second-order valence-electron chi connectivity index (χ2n) is 4.19. The Bertz CT molecular complexity index is 708. The van der Waals surface area contributed by atoms with Crippen LogP contribution in [-0.4, -0.2) is 20.2 Å². The van der Waals surface area contributed by atoms with Crippen molar-refractivity contribution < 1.29 is 9.63 Å². The van der Waals surface area contributed by atoms with E-state index in [1.807, 2.05) is 19.1 Å². The summed E-state index contributed by atoms with van der Waals surface area (Å²) in [7, 11) is 0. The number of nitrogens with zero attached hydrogens (tertiary/aromatic N) is 3. The summed E-state index contributed by atoms with van der Waals surface area (Å²) in [6.45, 7) is 1.93. The molecule has 0 aliphatic rings. The van der Waals surface area contributed by atoms with E-state index in [4.69, 9.17) is 4.52 Å². The summed E-state index contributed by atoms with van der Waals surface area (Å²) in [6.07, 6.45) is 3.33. The fourth-order valence-electron chi connectivity index (χ4n) is 1.77. The molecule has 0 aliphatic heterocycles. The Morgan fingerprint density at radius 2 is 2.11 bits per heavy atom. The highest BCUT2D eigenvalue weighted by molar-refractivity contribution is 5.65. The van der Waals surface area contributed by atoms with E-state index in [0.29, 0.717) is 17.3 Å². The molecule has 1 aromatic carbocycles. The molecule has 0 bridgehead atoms. The first kappa shape index (κ1) is 11.4. The minimum absolute atomic E-state index is 0.118. The predicted molar refractivity (Wildman–Crippen MR) is 69.4 cm³/mol. The van der Waals surface area contributed by atoms with Crippen LogP contribution in [0.4, 0.5) is 0 Å². The van der Waals surface area contributed by atoms with Gasteiger partial charge in [0.15, 0.2) is 0 Å². The van der Waals surface area contributed by atoms with Crippen LogP contribution in [0.15, 0.2) is 47.2 Å². The number of hydrogen-bond donors (Lipinski definition) is 1. The number of benzene rings is 1. The zero-order valence-electron chi connectivity index (χ0n) is 10.2. The van der Waals surface area contributed by atoms with E-state index in [-0.39, 0.29) is 5.75 Å². The number of pyridine rings is 1. The third-order valence-corrected chi connectivity index (χ3v) is 2.73. The normalized spacial score (nSPS) is 10.6. The first-order chi connectivity index (χ1) is 9.24. The minimum atomic E-state index is 0.118. The average Bonchev–Trinajstić information content (AvgIpc) is 2.92. The quantitative estimate of drug-likeness (QED) is 0.760. The van der Waals surface area contributed by atoms with Gasteiger partial charge in [-0.15, -0.1) is 0 Å². The molecule has 5 heteroatoms. The monoisotopic (exact) mass is 253 g/mol. The lowest BCUT2D eigenvalue weighted by Gasteiger charge is -1.99. The highest BCUT2D eigenvalue weighted by Gasteiger charge is 2.14. The molecule has 0 aliphatic carbocycles. The Morgan fingerprint density at radius 1 is 1.21 bits per heavy atom. The van der Waals surface area contributed by atoms with E-state index >= 15 is 0 Å². The van der Waals surface area contributed by atoms with Gasteiger partial charge >= 0.3 is 0 Å². The molecule has 19 heavy (non-hydrogen) atoms. The smallest absolute Gasteiger partial charge is 0.262 e. The second-order valence-corrected chi connectivity index (χ2v) is 4.19. The Hall–Kier alpha value is -2.69. The molecular weight excluding hydrogens is 242 g/mol. The molecule has 0 amide bonds. The molecule has 0 unspecified atom stereocenters. The standard InChI is InChI=1S/C14H11N3O2/c1-9-4-5-12(18)11(7-9)14-16-13(17-19-14)10-3-2-6-15-8-10/h2-8,18H,1H3. The molecule has 3 rings (SSSR count). The first-order valence-corrected chi connectivity index (χ1v) is 5.78. The van der Waals surface area contributed by atoms with Gasteiger partial charge < -0.3 is 9.63 Å². The number of rotatable bonds is 2. The van der Waals surface area contributed by atoms with Crippen molar-refractivity contribution in [1.29, 1.82) is 0 Å². The zero-order chi connectivity index (χ0) is 13.2. The molecule has 2 aromatic heterocycles. The van der Waals surface area contributed by atoms with Crippen LogP contribution in [0.1, 0.15) is 5.56 Å². The molecule has 0 spiro atoms. The van der Waals surface area contributed by atoms with Crippen molar-refractivity contribution in [3.8, 4) is 28.6 Å². The molecule has 2 heterocycles. The molecule has 0 saturated heterocycles. The zero-order valence-corrected chi connectivity index (χ0v) is 10.2. The average molecular weight is 253 g/mol. The van der Waals surface area contributed by atoms with Gasteiger partial charge in [0, 0.05) is 18.0 Å². The lowest BCUT2D eigenvalue weighted by Crippen LogP contribution is -1.83. The van der Waals surface area contributed by atoms with E-state index in [1.54, 1.807) is 30.6 Å². The van der Waals surface area contributed by atoms with Crippen LogP contribution in [0.25, 0.3) is 22.8 Å². The molecule has 94 valence electrons. The number of phenolic OH excluding ortho intramolecular Hbond substituents is 1. The predicted octanol–water partition coefficient (Wildman–Crippen LogP) is 2.81. The summed E-state index contributed by atoms with van der Waals surface area (Å²) in [5, 5.41) is 13.7. The maximum Gasteiger partial charge on any atom is 0.262 e. The molecular formula is C14H11N3O2. The van der Waals surface area contributed by atoms with E-state index in [2.05, 4.69) is 15.1 Å². The Morgan fingerprint density at radius 3 is 2.89 bits per heavy atom. The molecule has 0 atom stereocenters. The van der Waals surface area contributed by atoms with Gasteiger partial charge in [-0.3, -0.25) is 4.98 Å². The Labute approximate surface area is 109 Å². The lowest BCUT2D eigenvalue weighted by atomic mass is 10.1. The number of aromatic hydroxyl groups is 1. The topological polar surface area (TPSA) is 72.0 Å². The third kappa shape index (κ3) is 2.18. The highest BCUT2D eigenvalue weighted by Crippen LogP contribution is 2.29. The van der Waals surface area contributed by atoms with Crippen LogP contribution in [-0.2, 0) is 0 Å². The van der Waals surface area contributed by atoms with Crippen molar-refractivity contribution in [3.63, 3.8) is 0 Å². The van der Waals surface area contributed by atoms with E-state index < -0.39 is 0 Å². The van der Waals surface area contributed by atoms with Crippen molar-refractivity contribution in [2.24, 2.45) is 0 Å². The van der Waals surface area contributed by atoms with Crippen LogP contribution < -0.4 is 0 Å². The molecule has 5 nitrogen and oxygen atoms in total. The fraction of sp³-hybridized carbons (Fsp3) is 0.0714. The first-order valence-electron chi connectivity index (χ1n) is 5.78. The van der Waals surface area contributed by atoms with Crippen molar-refractivity contribution >= 4 is 0 Å². The van der Waals surface area contributed by atoms with Crippen LogP contribution >= 0.6 is 0 Å². The largest absolute Gasteiger partial charge is 0.507 e. The van der Waals surface area contributed by atoms with Gasteiger partial charge in [0.25, 0.3) is 5.89 Å². The van der Waals surface area contributed by atoms with Crippen LogP contribution in [0.2, 0.25) is 0 Å². The van der Waals surface area contributed by atoms with Gasteiger partial charge in [0.1, 0.15) is 5.75 Å². The highest BCUT2D eigenvalue weighted by atomic mass is 16.5. The number of aromatic nitrogens is 3. The molecule has 3 aromatic rings. The van der Waals surface area contributed by atoms with Gasteiger partial charge in [0.05, 0.1) is 5.56 Å². The van der Waals surface area contributed by atoms with E-state index in [1.165, 1.54) is 0 Å². The van der Waals surface area contributed by atoms with Crippen molar-refractivity contribution in [2.45, 2.75) is 6.92 Å². The molecule has 1 N–H and O–H groups in total. The summed E-state index contributed by atoms with van der Waals surface area (Å²) < 4.78 is 5.19. The Balaban J connectivity index is 2.04. The summed E-state index contributed by atoms with van der Waals surface area (Å²) in [4.78, 5) is 8.28. The van der Waals surface area contributed by atoms with Crippen molar-refractivity contribution in [3.05, 3.63) is 48.3 Å².